The van der Waals surface area contributed by atoms with Crippen LogP contribution in [-0.2, 0) is 9.59 Å². The largest absolute Gasteiger partial charge is 0.367 e. The standard InChI is InChI=1S/C23H26ClN3O2/c1-17(2)23(29)27-14-12-26(13-15-27)21-10-9-19(16-20(21)24)25-22(28)11-8-18-6-4-3-5-7-18/h3-11,16-17H,12-15H2,1-2H3,(H,25,28). The second kappa shape index (κ2) is 9.61. The Kier molecular flexibility index (Phi) is 6.94. The first-order chi connectivity index (χ1) is 13.9. The lowest BCUT2D eigenvalue weighted by Gasteiger charge is -2.37. The topological polar surface area (TPSA) is 52.7 Å². The van der Waals surface area contributed by atoms with Gasteiger partial charge in [0.25, 0.3) is 0 Å². The molecule has 1 heterocycles. The van der Waals surface area contributed by atoms with Gasteiger partial charge in [-0.1, -0.05) is 55.8 Å². The number of carbonyl (C=O) groups is 2. The Balaban J connectivity index is 1.58. The van der Waals surface area contributed by atoms with E-state index >= 15 is 0 Å². The van der Waals surface area contributed by atoms with Crippen LogP contribution in [0.1, 0.15) is 19.4 Å². The van der Waals surface area contributed by atoms with Gasteiger partial charge in [-0.25, -0.2) is 0 Å². The van der Waals surface area contributed by atoms with Gasteiger partial charge in [-0.3, -0.25) is 9.59 Å². The van der Waals surface area contributed by atoms with E-state index in [1.54, 1.807) is 12.1 Å². The number of hydrogen-bond donors (Lipinski definition) is 1. The van der Waals surface area contributed by atoms with Crippen LogP contribution < -0.4 is 10.2 Å². The molecule has 0 unspecified atom stereocenters. The Morgan fingerprint density at radius 1 is 1.03 bits per heavy atom. The smallest absolute Gasteiger partial charge is 0.248 e. The predicted molar refractivity (Wildman–Crippen MR) is 119 cm³/mol. The maximum atomic E-state index is 12.1. The Morgan fingerprint density at radius 3 is 2.34 bits per heavy atom. The van der Waals surface area contributed by atoms with Crippen LogP contribution in [0.4, 0.5) is 11.4 Å². The van der Waals surface area contributed by atoms with Crippen molar-refractivity contribution in [2.45, 2.75) is 13.8 Å². The van der Waals surface area contributed by atoms with Crippen LogP contribution >= 0.6 is 11.6 Å². The van der Waals surface area contributed by atoms with Crippen molar-refractivity contribution >= 4 is 40.9 Å². The lowest BCUT2D eigenvalue weighted by Crippen LogP contribution is -2.50. The number of carbonyl (C=O) groups excluding carboxylic acids is 2. The number of anilines is 2. The number of halogens is 1. The highest BCUT2D eigenvalue weighted by atomic mass is 35.5. The summed E-state index contributed by atoms with van der Waals surface area (Å²) in [6.45, 7) is 6.71. The summed E-state index contributed by atoms with van der Waals surface area (Å²) in [6.07, 6.45) is 3.27. The SMILES string of the molecule is CC(C)C(=O)N1CCN(c2ccc(NC(=O)C=Cc3ccccc3)cc2Cl)CC1. The first-order valence-corrected chi connectivity index (χ1v) is 10.2. The van der Waals surface area contributed by atoms with Gasteiger partial charge in [0.05, 0.1) is 10.7 Å². The average molecular weight is 412 g/mol. The molecule has 5 nitrogen and oxygen atoms in total. The Hall–Kier alpha value is -2.79. The first kappa shape index (κ1) is 20.9. The molecule has 1 fully saturated rings. The molecule has 2 aromatic rings. The summed E-state index contributed by atoms with van der Waals surface area (Å²) in [7, 11) is 0. The van der Waals surface area contributed by atoms with Crippen molar-refractivity contribution in [1.82, 2.24) is 4.90 Å². The third kappa shape index (κ3) is 5.61. The fraction of sp³-hybridized carbons (Fsp3) is 0.304. The van der Waals surface area contributed by atoms with Crippen LogP contribution in [0, 0.1) is 5.92 Å². The van der Waals surface area contributed by atoms with Crippen LogP contribution in [-0.4, -0.2) is 42.9 Å². The molecule has 3 rings (SSSR count). The molecular weight excluding hydrogens is 386 g/mol. The van der Waals surface area contributed by atoms with Crippen LogP contribution in [0.3, 0.4) is 0 Å². The second-order valence-electron chi connectivity index (χ2n) is 7.37. The summed E-state index contributed by atoms with van der Waals surface area (Å²) in [5.74, 6) is -0.000167. The van der Waals surface area contributed by atoms with Crippen molar-refractivity contribution in [2.24, 2.45) is 5.92 Å². The van der Waals surface area contributed by atoms with Crippen LogP contribution in [0.15, 0.2) is 54.6 Å². The van der Waals surface area contributed by atoms with Crippen molar-refractivity contribution in [2.75, 3.05) is 36.4 Å². The lowest BCUT2D eigenvalue weighted by atomic mass is 10.1. The first-order valence-electron chi connectivity index (χ1n) is 9.81. The molecular formula is C23H26ClN3O2. The Morgan fingerprint density at radius 2 is 1.72 bits per heavy atom. The fourth-order valence-corrected chi connectivity index (χ4v) is 3.59. The zero-order chi connectivity index (χ0) is 20.8. The number of amides is 2. The summed E-state index contributed by atoms with van der Waals surface area (Å²) >= 11 is 6.48. The normalized spacial score (nSPS) is 14.5. The molecule has 2 amide bonds. The maximum Gasteiger partial charge on any atom is 0.248 e. The number of rotatable bonds is 5. The van der Waals surface area contributed by atoms with E-state index in [0.717, 1.165) is 24.3 Å². The molecule has 0 saturated carbocycles. The van der Waals surface area contributed by atoms with E-state index in [4.69, 9.17) is 11.6 Å². The second-order valence-corrected chi connectivity index (χ2v) is 7.77. The molecule has 0 spiro atoms. The minimum Gasteiger partial charge on any atom is -0.367 e. The van der Waals surface area contributed by atoms with Crippen molar-refractivity contribution < 1.29 is 9.59 Å². The molecule has 1 aliphatic rings. The molecule has 0 aromatic heterocycles. The molecule has 1 N–H and O–H groups in total. The highest BCUT2D eigenvalue weighted by Gasteiger charge is 2.23. The van der Waals surface area contributed by atoms with E-state index < -0.39 is 0 Å². The van der Waals surface area contributed by atoms with E-state index in [1.165, 1.54) is 6.08 Å². The van der Waals surface area contributed by atoms with Gasteiger partial charge in [-0.05, 0) is 29.8 Å². The van der Waals surface area contributed by atoms with Gasteiger partial charge in [0, 0.05) is 43.9 Å². The van der Waals surface area contributed by atoms with Crippen molar-refractivity contribution in [1.29, 1.82) is 0 Å². The molecule has 1 saturated heterocycles. The van der Waals surface area contributed by atoms with E-state index in [9.17, 15) is 9.59 Å². The summed E-state index contributed by atoms with van der Waals surface area (Å²) in [5, 5.41) is 3.42. The summed E-state index contributed by atoms with van der Waals surface area (Å²) in [6, 6.07) is 15.2. The number of nitrogens with one attached hydrogen (secondary N) is 1. The number of benzene rings is 2. The lowest BCUT2D eigenvalue weighted by molar-refractivity contribution is -0.134. The monoisotopic (exact) mass is 411 g/mol. The van der Waals surface area contributed by atoms with Gasteiger partial charge in [0.2, 0.25) is 11.8 Å². The predicted octanol–water partition coefficient (Wildman–Crippen LogP) is 4.30. The Labute approximate surface area is 177 Å². The molecule has 6 heteroatoms. The summed E-state index contributed by atoms with van der Waals surface area (Å²) in [4.78, 5) is 28.4. The van der Waals surface area contributed by atoms with Gasteiger partial charge in [-0.2, -0.15) is 0 Å². The zero-order valence-corrected chi connectivity index (χ0v) is 17.5. The average Bonchev–Trinajstić information content (AvgIpc) is 2.73. The molecule has 1 aliphatic heterocycles. The maximum absolute atomic E-state index is 12.1. The van der Waals surface area contributed by atoms with Gasteiger partial charge in [0.15, 0.2) is 0 Å². The zero-order valence-electron chi connectivity index (χ0n) is 16.8. The van der Waals surface area contributed by atoms with E-state index in [-0.39, 0.29) is 17.7 Å². The number of hydrogen-bond acceptors (Lipinski definition) is 3. The highest BCUT2D eigenvalue weighted by Crippen LogP contribution is 2.30. The molecule has 0 atom stereocenters. The van der Waals surface area contributed by atoms with Crippen LogP contribution in [0.25, 0.3) is 6.08 Å². The molecule has 152 valence electrons. The van der Waals surface area contributed by atoms with Gasteiger partial charge < -0.3 is 15.1 Å². The summed E-state index contributed by atoms with van der Waals surface area (Å²) < 4.78 is 0. The molecule has 0 bridgehead atoms. The van der Waals surface area contributed by atoms with Gasteiger partial charge >= 0.3 is 0 Å². The number of nitrogens with zero attached hydrogens (tertiary/aromatic N) is 2. The van der Waals surface area contributed by atoms with Crippen LogP contribution in [0.5, 0.6) is 0 Å². The molecule has 0 aliphatic carbocycles. The highest BCUT2D eigenvalue weighted by molar-refractivity contribution is 6.33. The Bertz CT molecular complexity index is 888. The van der Waals surface area contributed by atoms with Gasteiger partial charge in [-0.15, -0.1) is 0 Å². The summed E-state index contributed by atoms with van der Waals surface area (Å²) in [5.41, 5.74) is 2.53. The van der Waals surface area contributed by atoms with Crippen LogP contribution in [0.2, 0.25) is 5.02 Å². The van der Waals surface area contributed by atoms with E-state index in [1.807, 2.05) is 61.2 Å². The number of piperazine rings is 1. The minimum atomic E-state index is -0.210. The minimum absolute atomic E-state index is 0.0176. The van der Waals surface area contributed by atoms with Crippen molar-refractivity contribution in [3.05, 3.63) is 65.2 Å². The fourth-order valence-electron chi connectivity index (χ4n) is 3.29. The van der Waals surface area contributed by atoms with E-state index in [2.05, 4.69) is 10.2 Å². The quantitative estimate of drug-likeness (QED) is 0.746. The van der Waals surface area contributed by atoms with Crippen molar-refractivity contribution in [3.8, 4) is 0 Å². The third-order valence-electron chi connectivity index (χ3n) is 4.87. The molecule has 0 radical (unpaired) electrons. The van der Waals surface area contributed by atoms with Crippen molar-refractivity contribution in [3.63, 3.8) is 0 Å². The van der Waals surface area contributed by atoms with E-state index in [0.29, 0.717) is 23.8 Å². The van der Waals surface area contributed by atoms with Gasteiger partial charge in [0.1, 0.15) is 0 Å². The molecule has 2 aromatic carbocycles. The molecule has 29 heavy (non-hydrogen) atoms. The third-order valence-corrected chi connectivity index (χ3v) is 5.17.